The smallest absolute Gasteiger partial charge is 0.253 e. The second-order valence-electron chi connectivity index (χ2n) is 6.15. The Hall–Kier alpha value is -3.93. The van der Waals surface area contributed by atoms with Gasteiger partial charge in [0.15, 0.2) is 0 Å². The number of nitrogens with one attached hydrogen (secondary N) is 2. The summed E-state index contributed by atoms with van der Waals surface area (Å²) < 4.78 is 5.27. The average molecular weight is 387 g/mol. The fraction of sp³-hybridized carbons (Fsp3) is 0.0870. The molecule has 6 heteroatoms. The molecule has 3 rings (SSSR count). The lowest BCUT2D eigenvalue weighted by Gasteiger charge is -2.10. The van der Waals surface area contributed by atoms with Crippen LogP contribution in [-0.2, 0) is 11.3 Å². The number of aromatic nitrogens is 1. The van der Waals surface area contributed by atoms with Crippen molar-refractivity contribution in [1.82, 2.24) is 10.3 Å². The zero-order chi connectivity index (χ0) is 20.5. The Kier molecular flexibility index (Phi) is 6.73. The Labute approximate surface area is 169 Å². The van der Waals surface area contributed by atoms with Crippen LogP contribution < -0.4 is 15.4 Å². The first-order valence-electron chi connectivity index (χ1n) is 9.05. The maximum Gasteiger partial charge on any atom is 0.253 e. The number of hydrogen-bond donors (Lipinski definition) is 2. The quantitative estimate of drug-likeness (QED) is 0.606. The van der Waals surface area contributed by atoms with E-state index < -0.39 is 0 Å². The minimum absolute atomic E-state index is 0.279. The highest BCUT2D eigenvalue weighted by atomic mass is 16.5. The normalized spacial score (nSPS) is 10.5. The maximum atomic E-state index is 12.6. The molecule has 0 aliphatic rings. The molecule has 3 aromatic rings. The Morgan fingerprint density at radius 3 is 2.62 bits per heavy atom. The van der Waals surface area contributed by atoms with Crippen LogP contribution in [0.25, 0.3) is 6.08 Å². The number of carbonyl (C=O) groups is 2. The first kappa shape index (κ1) is 19.8. The highest BCUT2D eigenvalue weighted by Crippen LogP contribution is 2.19. The molecule has 0 radical (unpaired) electrons. The molecule has 29 heavy (non-hydrogen) atoms. The number of anilines is 1. The van der Waals surface area contributed by atoms with Crippen LogP contribution in [0.4, 0.5) is 5.69 Å². The fourth-order valence-electron chi connectivity index (χ4n) is 2.71. The van der Waals surface area contributed by atoms with Gasteiger partial charge in [0.2, 0.25) is 5.91 Å². The zero-order valence-corrected chi connectivity index (χ0v) is 16.0. The molecule has 6 nitrogen and oxygen atoms in total. The van der Waals surface area contributed by atoms with Gasteiger partial charge in [-0.2, -0.15) is 0 Å². The monoisotopic (exact) mass is 387 g/mol. The minimum Gasteiger partial charge on any atom is -0.496 e. The summed E-state index contributed by atoms with van der Waals surface area (Å²) in [5.41, 5.74) is 2.50. The highest BCUT2D eigenvalue weighted by molar-refractivity contribution is 6.07. The Balaban J connectivity index is 1.67. The molecule has 0 atom stereocenters. The largest absolute Gasteiger partial charge is 0.496 e. The molecular formula is C23H21N3O3. The van der Waals surface area contributed by atoms with Crippen LogP contribution in [-0.4, -0.2) is 23.9 Å². The van der Waals surface area contributed by atoms with E-state index in [1.54, 1.807) is 49.8 Å². The number of rotatable bonds is 7. The SMILES string of the molecule is COc1ccccc1/C=C/C(=O)Nc1ccccc1C(=O)NCc1cccnc1. The molecule has 0 aliphatic heterocycles. The molecule has 0 aliphatic carbocycles. The van der Waals surface area contributed by atoms with Crippen molar-refractivity contribution in [2.75, 3.05) is 12.4 Å². The van der Waals surface area contributed by atoms with Gasteiger partial charge in [0.25, 0.3) is 5.91 Å². The first-order valence-corrected chi connectivity index (χ1v) is 9.05. The van der Waals surface area contributed by atoms with Crippen molar-refractivity contribution in [3.8, 4) is 5.75 Å². The molecule has 1 heterocycles. The standard InChI is InChI=1S/C23H21N3O3/c1-29-21-11-5-2-8-18(21)12-13-22(27)26-20-10-4-3-9-19(20)23(28)25-16-17-7-6-14-24-15-17/h2-15H,16H2,1H3,(H,25,28)(H,26,27)/b13-12+. The van der Waals surface area contributed by atoms with Gasteiger partial charge in [0.05, 0.1) is 18.4 Å². The summed E-state index contributed by atoms with van der Waals surface area (Å²) in [4.78, 5) is 29.0. The van der Waals surface area contributed by atoms with Gasteiger partial charge >= 0.3 is 0 Å². The Morgan fingerprint density at radius 2 is 1.83 bits per heavy atom. The third-order valence-corrected chi connectivity index (χ3v) is 4.16. The molecule has 1 aromatic heterocycles. The number of para-hydroxylation sites is 2. The van der Waals surface area contributed by atoms with Gasteiger partial charge in [0.1, 0.15) is 5.75 Å². The molecule has 2 aromatic carbocycles. The molecule has 0 saturated heterocycles. The van der Waals surface area contributed by atoms with Gasteiger partial charge < -0.3 is 15.4 Å². The second-order valence-corrected chi connectivity index (χ2v) is 6.15. The van der Waals surface area contributed by atoms with Gasteiger partial charge in [-0.3, -0.25) is 14.6 Å². The van der Waals surface area contributed by atoms with Gasteiger partial charge in [-0.25, -0.2) is 0 Å². The summed E-state index contributed by atoms with van der Waals surface area (Å²) in [5, 5.41) is 5.59. The van der Waals surface area contributed by atoms with Crippen LogP contribution in [0.1, 0.15) is 21.5 Å². The topological polar surface area (TPSA) is 80.3 Å². The Morgan fingerprint density at radius 1 is 1.03 bits per heavy atom. The third kappa shape index (κ3) is 5.52. The van der Waals surface area contributed by atoms with Gasteiger partial charge in [-0.05, 0) is 35.9 Å². The number of nitrogens with zero attached hydrogens (tertiary/aromatic N) is 1. The number of pyridine rings is 1. The molecule has 146 valence electrons. The van der Waals surface area contributed by atoms with Gasteiger partial charge in [0, 0.05) is 30.6 Å². The molecule has 0 saturated carbocycles. The van der Waals surface area contributed by atoms with Crippen molar-refractivity contribution in [3.63, 3.8) is 0 Å². The lowest BCUT2D eigenvalue weighted by atomic mass is 10.1. The van der Waals surface area contributed by atoms with Crippen molar-refractivity contribution in [2.24, 2.45) is 0 Å². The Bertz CT molecular complexity index is 1020. The number of methoxy groups -OCH3 is 1. The van der Waals surface area contributed by atoms with E-state index in [-0.39, 0.29) is 11.8 Å². The minimum atomic E-state index is -0.344. The van der Waals surface area contributed by atoms with Crippen LogP contribution in [0.2, 0.25) is 0 Å². The summed E-state index contributed by atoms with van der Waals surface area (Å²) in [6, 6.07) is 17.9. The third-order valence-electron chi connectivity index (χ3n) is 4.16. The molecule has 0 bridgehead atoms. The highest BCUT2D eigenvalue weighted by Gasteiger charge is 2.12. The van der Waals surface area contributed by atoms with E-state index in [9.17, 15) is 9.59 Å². The summed E-state index contributed by atoms with van der Waals surface area (Å²) >= 11 is 0. The zero-order valence-electron chi connectivity index (χ0n) is 16.0. The number of carbonyl (C=O) groups excluding carboxylic acids is 2. The van der Waals surface area contributed by atoms with E-state index in [2.05, 4.69) is 15.6 Å². The fourth-order valence-corrected chi connectivity index (χ4v) is 2.71. The lowest BCUT2D eigenvalue weighted by Crippen LogP contribution is -2.24. The van der Waals surface area contributed by atoms with Crippen molar-refractivity contribution in [3.05, 3.63) is 95.8 Å². The molecule has 0 fully saturated rings. The van der Waals surface area contributed by atoms with Crippen LogP contribution in [0, 0.1) is 0 Å². The van der Waals surface area contributed by atoms with Gasteiger partial charge in [-0.15, -0.1) is 0 Å². The van der Waals surface area contributed by atoms with Crippen molar-refractivity contribution in [2.45, 2.75) is 6.54 Å². The van der Waals surface area contributed by atoms with E-state index in [0.717, 1.165) is 11.1 Å². The van der Waals surface area contributed by atoms with Crippen LogP contribution >= 0.6 is 0 Å². The average Bonchev–Trinajstić information content (AvgIpc) is 2.77. The first-order chi connectivity index (χ1) is 14.2. The van der Waals surface area contributed by atoms with E-state index in [1.807, 2.05) is 36.4 Å². The van der Waals surface area contributed by atoms with E-state index >= 15 is 0 Å². The number of ether oxygens (including phenoxy) is 1. The number of hydrogen-bond acceptors (Lipinski definition) is 4. The summed E-state index contributed by atoms with van der Waals surface area (Å²) in [6.45, 7) is 0.350. The van der Waals surface area contributed by atoms with Crippen molar-refractivity contribution >= 4 is 23.6 Å². The maximum absolute atomic E-state index is 12.6. The number of benzene rings is 2. The van der Waals surface area contributed by atoms with Crippen molar-refractivity contribution in [1.29, 1.82) is 0 Å². The predicted molar refractivity (Wildman–Crippen MR) is 113 cm³/mol. The molecule has 2 N–H and O–H groups in total. The molecule has 0 unspecified atom stereocenters. The molecule has 2 amide bonds. The summed E-state index contributed by atoms with van der Waals surface area (Å²) in [5.74, 6) is 0.0496. The van der Waals surface area contributed by atoms with E-state index in [4.69, 9.17) is 4.74 Å². The molecule has 0 spiro atoms. The van der Waals surface area contributed by atoms with E-state index in [1.165, 1.54) is 6.08 Å². The van der Waals surface area contributed by atoms with Crippen LogP contribution in [0.5, 0.6) is 5.75 Å². The van der Waals surface area contributed by atoms with Crippen LogP contribution in [0.15, 0.2) is 79.1 Å². The predicted octanol–water partition coefficient (Wildman–Crippen LogP) is 3.67. The van der Waals surface area contributed by atoms with Crippen LogP contribution in [0.3, 0.4) is 0 Å². The molecular weight excluding hydrogens is 366 g/mol. The lowest BCUT2D eigenvalue weighted by molar-refractivity contribution is -0.111. The van der Waals surface area contributed by atoms with Gasteiger partial charge in [-0.1, -0.05) is 36.4 Å². The summed E-state index contributed by atoms with van der Waals surface area (Å²) in [7, 11) is 1.58. The van der Waals surface area contributed by atoms with Crippen molar-refractivity contribution < 1.29 is 14.3 Å². The second kappa shape index (κ2) is 9.85. The van der Waals surface area contributed by atoms with E-state index in [0.29, 0.717) is 23.5 Å². The summed E-state index contributed by atoms with van der Waals surface area (Å²) in [6.07, 6.45) is 6.44. The number of amides is 2.